The zero-order valence-electron chi connectivity index (χ0n) is 13.7. The van der Waals surface area contributed by atoms with Crippen molar-refractivity contribution >= 4 is 5.97 Å². The van der Waals surface area contributed by atoms with Gasteiger partial charge in [-0.25, -0.2) is 4.39 Å². The van der Waals surface area contributed by atoms with Gasteiger partial charge in [0.05, 0.1) is 11.7 Å². The van der Waals surface area contributed by atoms with E-state index in [1.807, 2.05) is 30.0 Å². The minimum absolute atomic E-state index is 0.285. The van der Waals surface area contributed by atoms with Gasteiger partial charge < -0.3 is 5.11 Å². The highest BCUT2D eigenvalue weighted by Crippen LogP contribution is 2.33. The largest absolute Gasteiger partial charge is 0.480 e. The van der Waals surface area contributed by atoms with Crippen LogP contribution in [0.25, 0.3) is 0 Å². The Morgan fingerprint density at radius 1 is 1.25 bits per heavy atom. The first-order chi connectivity index (χ1) is 11.6. The Morgan fingerprint density at radius 2 is 2.00 bits per heavy atom. The van der Waals surface area contributed by atoms with E-state index in [1.54, 1.807) is 12.1 Å². The molecule has 1 aromatic carbocycles. The maximum atomic E-state index is 13.3. The summed E-state index contributed by atoms with van der Waals surface area (Å²) in [5.74, 6) is -1.11. The molecule has 0 amide bonds. The first kappa shape index (κ1) is 16.6. The first-order valence-electron chi connectivity index (χ1n) is 8.24. The molecule has 0 aliphatic carbocycles. The Hall–Kier alpha value is -2.27. The second kappa shape index (κ2) is 7.09. The number of rotatable bonds is 4. The maximum absolute atomic E-state index is 13.3. The number of aryl methyl sites for hydroxylation is 1. The number of halogens is 1. The number of nitrogens with zero attached hydrogens (tertiary/aromatic N) is 2. The molecule has 0 radical (unpaired) electrons. The third-order valence-electron chi connectivity index (χ3n) is 4.54. The lowest BCUT2D eigenvalue weighted by Gasteiger charge is -2.39. The predicted octanol–water partition coefficient (Wildman–Crippen LogP) is 3.56. The number of carboxylic acids is 1. The third-order valence-corrected chi connectivity index (χ3v) is 4.54. The molecule has 1 fully saturated rings. The van der Waals surface area contributed by atoms with Gasteiger partial charge in [0.2, 0.25) is 0 Å². The minimum Gasteiger partial charge on any atom is -0.480 e. The molecule has 1 aromatic heterocycles. The molecule has 2 unspecified atom stereocenters. The molecule has 1 N–H and O–H groups in total. The number of carbonyl (C=O) groups is 1. The second-order valence-corrected chi connectivity index (χ2v) is 6.25. The van der Waals surface area contributed by atoms with Crippen LogP contribution in [0, 0.1) is 12.7 Å². The number of aliphatic carboxylic acids is 1. The van der Waals surface area contributed by atoms with Crippen LogP contribution in [0.15, 0.2) is 42.5 Å². The van der Waals surface area contributed by atoms with Gasteiger partial charge in [-0.1, -0.05) is 24.6 Å². The van der Waals surface area contributed by atoms with Crippen LogP contribution >= 0.6 is 0 Å². The molecule has 2 atom stereocenters. The number of hydrogen-bond acceptors (Lipinski definition) is 3. The monoisotopic (exact) mass is 328 g/mol. The van der Waals surface area contributed by atoms with Gasteiger partial charge in [-0.05, 0) is 56.1 Å². The number of aromatic nitrogens is 1. The predicted molar refractivity (Wildman–Crippen MR) is 89.2 cm³/mol. The summed E-state index contributed by atoms with van der Waals surface area (Å²) >= 11 is 0. The van der Waals surface area contributed by atoms with Crippen molar-refractivity contribution in [2.24, 2.45) is 0 Å². The summed E-state index contributed by atoms with van der Waals surface area (Å²) in [7, 11) is 0. The lowest BCUT2D eigenvalue weighted by atomic mass is 9.94. The quantitative estimate of drug-likeness (QED) is 0.932. The highest BCUT2D eigenvalue weighted by atomic mass is 19.1. The molecule has 0 spiro atoms. The van der Waals surface area contributed by atoms with Gasteiger partial charge in [0.15, 0.2) is 0 Å². The average molecular weight is 328 g/mol. The van der Waals surface area contributed by atoms with Gasteiger partial charge in [-0.2, -0.15) is 0 Å². The van der Waals surface area contributed by atoms with E-state index in [0.29, 0.717) is 13.0 Å². The van der Waals surface area contributed by atoms with E-state index in [9.17, 15) is 14.3 Å². The Balaban J connectivity index is 2.07. The third kappa shape index (κ3) is 3.46. The van der Waals surface area contributed by atoms with Crippen LogP contribution in [0.5, 0.6) is 0 Å². The van der Waals surface area contributed by atoms with Gasteiger partial charge in [-0.15, -0.1) is 0 Å². The van der Waals surface area contributed by atoms with E-state index in [0.717, 1.165) is 29.8 Å². The van der Waals surface area contributed by atoms with Crippen LogP contribution in [0.3, 0.4) is 0 Å². The highest BCUT2D eigenvalue weighted by Gasteiger charge is 2.35. The van der Waals surface area contributed by atoms with Gasteiger partial charge in [-0.3, -0.25) is 14.7 Å². The van der Waals surface area contributed by atoms with Gasteiger partial charge in [0, 0.05) is 5.69 Å². The Morgan fingerprint density at radius 3 is 2.67 bits per heavy atom. The van der Waals surface area contributed by atoms with Crippen LogP contribution < -0.4 is 0 Å². The van der Waals surface area contributed by atoms with Crippen molar-refractivity contribution in [2.45, 2.75) is 38.3 Å². The molecule has 126 valence electrons. The number of piperidine rings is 1. The number of pyridine rings is 1. The molecule has 1 saturated heterocycles. The van der Waals surface area contributed by atoms with Gasteiger partial charge in [0.1, 0.15) is 11.9 Å². The lowest BCUT2D eigenvalue weighted by Crippen LogP contribution is -2.47. The van der Waals surface area contributed by atoms with Crippen molar-refractivity contribution in [1.82, 2.24) is 9.88 Å². The summed E-state index contributed by atoms with van der Waals surface area (Å²) in [5.41, 5.74) is 2.54. The molecule has 0 bridgehead atoms. The van der Waals surface area contributed by atoms with Crippen molar-refractivity contribution in [3.8, 4) is 0 Å². The van der Waals surface area contributed by atoms with E-state index >= 15 is 0 Å². The highest BCUT2D eigenvalue weighted by molar-refractivity contribution is 5.73. The van der Waals surface area contributed by atoms with Crippen molar-refractivity contribution in [3.05, 3.63) is 65.2 Å². The van der Waals surface area contributed by atoms with Crippen LogP contribution in [-0.4, -0.2) is 33.5 Å². The van der Waals surface area contributed by atoms with Crippen molar-refractivity contribution in [2.75, 3.05) is 6.54 Å². The summed E-state index contributed by atoms with van der Waals surface area (Å²) in [5, 5.41) is 9.63. The van der Waals surface area contributed by atoms with E-state index in [4.69, 9.17) is 0 Å². The summed E-state index contributed by atoms with van der Waals surface area (Å²) in [6, 6.07) is 11.2. The molecule has 0 saturated carbocycles. The van der Waals surface area contributed by atoms with Gasteiger partial charge >= 0.3 is 5.97 Å². The topological polar surface area (TPSA) is 53.4 Å². The molecule has 24 heavy (non-hydrogen) atoms. The van der Waals surface area contributed by atoms with Crippen LogP contribution in [-0.2, 0) is 4.79 Å². The number of likely N-dealkylation sites (tertiary alicyclic amines) is 1. The van der Waals surface area contributed by atoms with Gasteiger partial charge in [0.25, 0.3) is 0 Å². The zero-order valence-corrected chi connectivity index (χ0v) is 13.7. The van der Waals surface area contributed by atoms with Crippen molar-refractivity contribution in [1.29, 1.82) is 0 Å². The Labute approximate surface area is 141 Å². The summed E-state index contributed by atoms with van der Waals surface area (Å²) in [6.45, 7) is 2.60. The fourth-order valence-corrected chi connectivity index (χ4v) is 3.42. The lowest BCUT2D eigenvalue weighted by molar-refractivity contribution is -0.145. The standard InChI is InChI=1S/C19H21FN2O2/c1-13-5-4-6-16(21-13)18(14-8-10-15(20)11-9-14)22-12-3-2-7-17(22)19(23)24/h4-6,8-11,17-18H,2-3,7,12H2,1H3,(H,23,24). The van der Waals surface area contributed by atoms with E-state index < -0.39 is 12.0 Å². The Kier molecular flexibility index (Phi) is 4.90. The molecule has 1 aliphatic rings. The molecule has 2 aromatic rings. The number of hydrogen-bond donors (Lipinski definition) is 1. The molecule has 5 heteroatoms. The number of benzene rings is 1. The molecule has 4 nitrogen and oxygen atoms in total. The van der Waals surface area contributed by atoms with Crippen LogP contribution in [0.1, 0.15) is 42.3 Å². The van der Waals surface area contributed by atoms with Crippen molar-refractivity contribution < 1.29 is 14.3 Å². The van der Waals surface area contributed by atoms with E-state index in [1.165, 1.54) is 12.1 Å². The minimum atomic E-state index is -0.811. The first-order valence-corrected chi connectivity index (χ1v) is 8.24. The fraction of sp³-hybridized carbons (Fsp3) is 0.368. The molecular formula is C19H21FN2O2. The number of carboxylic acid groups (broad SMARTS) is 1. The molecule has 3 rings (SSSR count). The average Bonchev–Trinajstić information content (AvgIpc) is 2.57. The summed E-state index contributed by atoms with van der Waals surface area (Å²) in [4.78, 5) is 18.3. The molecule has 2 heterocycles. The summed E-state index contributed by atoms with van der Waals surface area (Å²) in [6.07, 6.45) is 2.48. The van der Waals surface area contributed by atoms with E-state index in [2.05, 4.69) is 4.98 Å². The second-order valence-electron chi connectivity index (χ2n) is 6.25. The van der Waals surface area contributed by atoms with Crippen LogP contribution in [0.2, 0.25) is 0 Å². The fourth-order valence-electron chi connectivity index (χ4n) is 3.42. The van der Waals surface area contributed by atoms with E-state index in [-0.39, 0.29) is 11.9 Å². The maximum Gasteiger partial charge on any atom is 0.320 e. The zero-order chi connectivity index (χ0) is 17.1. The SMILES string of the molecule is Cc1cccc(C(c2ccc(F)cc2)N2CCCCC2C(=O)O)n1. The smallest absolute Gasteiger partial charge is 0.320 e. The van der Waals surface area contributed by atoms with Crippen LogP contribution in [0.4, 0.5) is 4.39 Å². The molecule has 1 aliphatic heterocycles. The normalized spacial score (nSPS) is 19.8. The summed E-state index contributed by atoms with van der Waals surface area (Å²) < 4.78 is 13.3. The molecular weight excluding hydrogens is 307 g/mol. The van der Waals surface area contributed by atoms with Crippen molar-refractivity contribution in [3.63, 3.8) is 0 Å². The Bertz CT molecular complexity index is 718.